The highest BCUT2D eigenvalue weighted by Crippen LogP contribution is 2.20. The van der Waals surface area contributed by atoms with Crippen LogP contribution in [0.4, 0.5) is 0 Å². The van der Waals surface area contributed by atoms with Gasteiger partial charge in [-0.3, -0.25) is 4.79 Å². The van der Waals surface area contributed by atoms with Gasteiger partial charge in [-0.2, -0.15) is 4.99 Å². The molecule has 122 valence electrons. The van der Waals surface area contributed by atoms with Crippen molar-refractivity contribution >= 4 is 40.4 Å². The molecule has 0 spiro atoms. The Hall–Kier alpha value is -1.95. The number of hydrogen-bond donors (Lipinski definition) is 0. The van der Waals surface area contributed by atoms with Gasteiger partial charge in [0.1, 0.15) is 5.15 Å². The van der Waals surface area contributed by atoms with Crippen molar-refractivity contribution in [1.29, 1.82) is 0 Å². The van der Waals surface area contributed by atoms with Crippen LogP contribution in [0, 0.1) is 6.92 Å². The van der Waals surface area contributed by atoms with Crippen molar-refractivity contribution in [1.82, 2.24) is 9.55 Å². The Balaban J connectivity index is 1.88. The molecule has 0 aliphatic heterocycles. The molecule has 0 N–H and O–H groups in total. The van der Waals surface area contributed by atoms with Gasteiger partial charge in [0.15, 0.2) is 4.80 Å². The number of aromatic nitrogens is 2. The predicted molar refractivity (Wildman–Crippen MR) is 96.7 cm³/mol. The van der Waals surface area contributed by atoms with E-state index in [-0.39, 0.29) is 10.2 Å². The van der Waals surface area contributed by atoms with Crippen LogP contribution in [-0.2, 0) is 6.54 Å². The van der Waals surface area contributed by atoms with Gasteiger partial charge >= 0.3 is 0 Å². The van der Waals surface area contributed by atoms with Crippen molar-refractivity contribution in [2.75, 3.05) is 0 Å². The highest BCUT2D eigenvalue weighted by molar-refractivity contribution is 7.07. The van der Waals surface area contributed by atoms with Crippen LogP contribution in [0.1, 0.15) is 21.5 Å². The van der Waals surface area contributed by atoms with Crippen molar-refractivity contribution in [2.45, 2.75) is 13.5 Å². The molecule has 0 unspecified atom stereocenters. The summed E-state index contributed by atoms with van der Waals surface area (Å²) >= 11 is 13.1. The topological polar surface area (TPSA) is 47.2 Å². The van der Waals surface area contributed by atoms with Crippen LogP contribution < -0.4 is 4.80 Å². The molecule has 0 radical (unpaired) electrons. The lowest BCUT2D eigenvalue weighted by Crippen LogP contribution is -2.17. The quantitative estimate of drug-likeness (QED) is 0.637. The minimum absolute atomic E-state index is 0.166. The summed E-state index contributed by atoms with van der Waals surface area (Å²) in [5, 5.41) is 2.29. The van der Waals surface area contributed by atoms with Crippen LogP contribution >= 0.6 is 34.5 Å². The van der Waals surface area contributed by atoms with Gasteiger partial charge in [0, 0.05) is 24.3 Å². The molecular weight excluding hydrogens is 365 g/mol. The Morgan fingerprint density at radius 2 is 2.04 bits per heavy atom. The van der Waals surface area contributed by atoms with Crippen molar-refractivity contribution in [3.63, 3.8) is 0 Å². The largest absolute Gasteiger partial charge is 0.319 e. The zero-order chi connectivity index (χ0) is 17.1. The van der Waals surface area contributed by atoms with Crippen LogP contribution in [0.25, 0.3) is 0 Å². The Bertz CT molecular complexity index is 945. The first-order valence-corrected chi connectivity index (χ1v) is 8.76. The van der Waals surface area contributed by atoms with E-state index in [0.717, 1.165) is 5.56 Å². The number of hydrogen-bond acceptors (Lipinski definition) is 3. The average molecular weight is 378 g/mol. The smallest absolute Gasteiger partial charge is 0.281 e. The van der Waals surface area contributed by atoms with Gasteiger partial charge in [-0.15, -0.1) is 11.3 Å². The molecule has 1 aromatic carbocycles. The Morgan fingerprint density at radius 3 is 2.75 bits per heavy atom. The number of pyridine rings is 1. The third-order valence-electron chi connectivity index (χ3n) is 3.37. The number of carbonyl (C=O) groups is 1. The van der Waals surface area contributed by atoms with Gasteiger partial charge in [-0.25, -0.2) is 4.98 Å². The second-order valence-corrected chi connectivity index (χ2v) is 6.85. The minimum atomic E-state index is -0.402. The SMILES string of the molecule is Cc1ccc(Cn2ccsc2=NC(=O)c2cnc(Cl)c(Cl)c2)cc1. The standard InChI is InChI=1S/C17H13Cl2N3OS/c1-11-2-4-12(5-3-11)10-22-6-7-24-17(22)21-16(23)13-8-14(18)15(19)20-9-13/h2-9H,10H2,1H3. The zero-order valence-corrected chi connectivity index (χ0v) is 15.1. The van der Waals surface area contributed by atoms with E-state index in [2.05, 4.69) is 34.2 Å². The van der Waals surface area contributed by atoms with Crippen LogP contribution in [0.15, 0.2) is 53.1 Å². The Morgan fingerprint density at radius 1 is 1.29 bits per heavy atom. The number of carbonyl (C=O) groups excluding carboxylic acids is 1. The van der Waals surface area contributed by atoms with E-state index in [0.29, 0.717) is 16.9 Å². The summed E-state index contributed by atoms with van der Waals surface area (Å²) in [6.45, 7) is 2.70. The molecule has 0 aliphatic rings. The molecule has 0 saturated heterocycles. The average Bonchev–Trinajstić information content (AvgIpc) is 2.99. The van der Waals surface area contributed by atoms with E-state index in [1.165, 1.54) is 29.2 Å². The number of rotatable bonds is 3. The molecule has 7 heteroatoms. The predicted octanol–water partition coefficient (Wildman–Crippen LogP) is 4.35. The third kappa shape index (κ3) is 3.93. The fraction of sp³-hybridized carbons (Fsp3) is 0.118. The molecule has 4 nitrogen and oxygen atoms in total. The summed E-state index contributed by atoms with van der Waals surface area (Å²) in [4.78, 5) is 21.0. The van der Waals surface area contributed by atoms with Crippen molar-refractivity contribution in [2.24, 2.45) is 4.99 Å². The maximum Gasteiger partial charge on any atom is 0.281 e. The summed E-state index contributed by atoms with van der Waals surface area (Å²) in [5.74, 6) is -0.402. The molecule has 2 heterocycles. The van der Waals surface area contributed by atoms with Gasteiger partial charge in [0.2, 0.25) is 0 Å². The number of amides is 1. The Labute approximate surface area is 153 Å². The molecule has 0 atom stereocenters. The van der Waals surface area contributed by atoms with E-state index in [1.807, 2.05) is 23.1 Å². The lowest BCUT2D eigenvalue weighted by Gasteiger charge is -2.04. The van der Waals surface area contributed by atoms with E-state index in [1.54, 1.807) is 0 Å². The van der Waals surface area contributed by atoms with E-state index in [4.69, 9.17) is 23.2 Å². The zero-order valence-electron chi connectivity index (χ0n) is 12.7. The minimum Gasteiger partial charge on any atom is -0.319 e. The van der Waals surface area contributed by atoms with Crippen LogP contribution in [0.3, 0.4) is 0 Å². The van der Waals surface area contributed by atoms with Crippen molar-refractivity contribution in [3.05, 3.63) is 79.8 Å². The second-order valence-electron chi connectivity index (χ2n) is 5.21. The van der Waals surface area contributed by atoms with E-state index < -0.39 is 5.91 Å². The highest BCUT2D eigenvalue weighted by Gasteiger charge is 2.09. The third-order valence-corrected chi connectivity index (χ3v) is 4.85. The van der Waals surface area contributed by atoms with Gasteiger partial charge in [-0.1, -0.05) is 53.0 Å². The van der Waals surface area contributed by atoms with Crippen molar-refractivity contribution < 1.29 is 4.79 Å². The normalized spacial score (nSPS) is 11.7. The fourth-order valence-corrected chi connectivity index (χ4v) is 3.08. The van der Waals surface area contributed by atoms with Crippen LogP contribution in [0.2, 0.25) is 10.2 Å². The first-order chi connectivity index (χ1) is 11.5. The molecule has 0 fully saturated rings. The first-order valence-electron chi connectivity index (χ1n) is 7.12. The first kappa shape index (κ1) is 16.9. The summed E-state index contributed by atoms with van der Waals surface area (Å²) in [5.41, 5.74) is 2.66. The molecule has 1 amide bonds. The number of benzene rings is 1. The van der Waals surface area contributed by atoms with Crippen LogP contribution in [0.5, 0.6) is 0 Å². The molecule has 24 heavy (non-hydrogen) atoms. The maximum absolute atomic E-state index is 12.3. The van der Waals surface area contributed by atoms with E-state index in [9.17, 15) is 4.79 Å². The van der Waals surface area contributed by atoms with E-state index >= 15 is 0 Å². The molecule has 3 aromatic rings. The summed E-state index contributed by atoms with van der Waals surface area (Å²) in [6, 6.07) is 9.72. The molecule has 2 aromatic heterocycles. The van der Waals surface area contributed by atoms with Crippen molar-refractivity contribution in [3.8, 4) is 0 Å². The summed E-state index contributed by atoms with van der Waals surface area (Å²) < 4.78 is 1.93. The molecule has 3 rings (SSSR count). The number of thiazole rings is 1. The van der Waals surface area contributed by atoms with Gasteiger partial charge < -0.3 is 4.57 Å². The number of aryl methyl sites for hydroxylation is 1. The lowest BCUT2D eigenvalue weighted by molar-refractivity contribution is 0.0997. The molecule has 0 bridgehead atoms. The van der Waals surface area contributed by atoms with Gasteiger partial charge in [0.25, 0.3) is 5.91 Å². The summed E-state index contributed by atoms with van der Waals surface area (Å²) in [7, 11) is 0. The summed E-state index contributed by atoms with van der Waals surface area (Å²) in [6.07, 6.45) is 3.28. The highest BCUT2D eigenvalue weighted by atomic mass is 35.5. The second kappa shape index (κ2) is 7.30. The monoisotopic (exact) mass is 377 g/mol. The lowest BCUT2D eigenvalue weighted by atomic mass is 10.1. The molecule has 0 aliphatic carbocycles. The molecular formula is C17H13Cl2N3OS. The maximum atomic E-state index is 12.3. The number of halogens is 2. The van der Waals surface area contributed by atoms with Gasteiger partial charge in [-0.05, 0) is 18.6 Å². The number of nitrogens with zero attached hydrogens (tertiary/aromatic N) is 3. The molecule has 0 saturated carbocycles. The fourth-order valence-electron chi connectivity index (χ4n) is 2.09. The Kier molecular flexibility index (Phi) is 5.14. The van der Waals surface area contributed by atoms with Gasteiger partial charge in [0.05, 0.1) is 10.6 Å². The van der Waals surface area contributed by atoms with Crippen LogP contribution in [-0.4, -0.2) is 15.5 Å².